The van der Waals surface area contributed by atoms with E-state index in [4.69, 9.17) is 11.8 Å². The van der Waals surface area contributed by atoms with Crippen LogP contribution < -0.4 is 10.4 Å². The first-order valence-electron chi connectivity index (χ1n) is 3.43. The minimum atomic E-state index is 0.975. The molecular weight excluding hydrogens is 160 g/mol. The zero-order valence-electron chi connectivity index (χ0n) is 6.61. The highest BCUT2D eigenvalue weighted by Crippen LogP contribution is 2.12. The standard InChI is InChI=1S/C8H11ClN2/c1-6-3-4-8(10-11-9)5-7(6)2/h3-5,10-11H,1-2H3. The lowest BCUT2D eigenvalue weighted by molar-refractivity contribution is 1.19. The molecule has 3 heteroatoms. The monoisotopic (exact) mass is 170 g/mol. The summed E-state index contributed by atoms with van der Waals surface area (Å²) in [6.45, 7) is 4.14. The largest absolute Gasteiger partial charge is 0.308 e. The third-order valence-electron chi connectivity index (χ3n) is 1.70. The van der Waals surface area contributed by atoms with Crippen molar-refractivity contribution in [2.24, 2.45) is 0 Å². The van der Waals surface area contributed by atoms with Gasteiger partial charge in [0.2, 0.25) is 0 Å². The van der Waals surface area contributed by atoms with E-state index >= 15 is 0 Å². The Kier molecular flexibility index (Phi) is 2.74. The van der Waals surface area contributed by atoms with Crippen LogP contribution in [0.3, 0.4) is 0 Å². The maximum atomic E-state index is 5.27. The number of anilines is 1. The molecule has 0 saturated heterocycles. The van der Waals surface area contributed by atoms with Gasteiger partial charge in [0.05, 0.1) is 5.69 Å². The van der Waals surface area contributed by atoms with Gasteiger partial charge in [-0.1, -0.05) is 6.07 Å². The van der Waals surface area contributed by atoms with Gasteiger partial charge in [-0.25, -0.2) is 0 Å². The lowest BCUT2D eigenvalue weighted by atomic mass is 10.1. The third-order valence-corrected chi connectivity index (χ3v) is 1.79. The summed E-state index contributed by atoms with van der Waals surface area (Å²) in [7, 11) is 0. The number of hydrogen-bond donors (Lipinski definition) is 2. The Morgan fingerprint density at radius 2 is 1.91 bits per heavy atom. The summed E-state index contributed by atoms with van der Waals surface area (Å²) >= 11 is 5.27. The molecule has 0 fully saturated rings. The van der Waals surface area contributed by atoms with Crippen LogP contribution in [0.1, 0.15) is 11.1 Å². The van der Waals surface area contributed by atoms with Crippen LogP contribution in [0.2, 0.25) is 0 Å². The number of hydrogen-bond acceptors (Lipinski definition) is 2. The molecule has 1 aromatic carbocycles. The number of hydrazine groups is 1. The Hall–Kier alpha value is -0.730. The normalized spacial score (nSPS) is 9.73. The SMILES string of the molecule is Cc1ccc(NNCl)cc1C. The summed E-state index contributed by atoms with van der Waals surface area (Å²) < 4.78 is 0. The van der Waals surface area contributed by atoms with Crippen LogP contribution in [-0.4, -0.2) is 0 Å². The molecule has 0 unspecified atom stereocenters. The van der Waals surface area contributed by atoms with E-state index in [0.29, 0.717) is 0 Å². The predicted octanol–water partition coefficient (Wildman–Crippen LogP) is 2.37. The molecule has 0 aliphatic carbocycles. The second kappa shape index (κ2) is 3.60. The fourth-order valence-electron chi connectivity index (χ4n) is 0.874. The van der Waals surface area contributed by atoms with Gasteiger partial charge in [0.15, 0.2) is 0 Å². The summed E-state index contributed by atoms with van der Waals surface area (Å²) in [4.78, 5) is 2.35. The van der Waals surface area contributed by atoms with E-state index in [-0.39, 0.29) is 0 Å². The molecule has 0 aliphatic rings. The molecule has 1 aromatic rings. The second-order valence-electron chi connectivity index (χ2n) is 2.52. The van der Waals surface area contributed by atoms with Crippen molar-refractivity contribution in [2.45, 2.75) is 13.8 Å². The van der Waals surface area contributed by atoms with Gasteiger partial charge >= 0.3 is 0 Å². The summed E-state index contributed by atoms with van der Waals surface area (Å²) in [6.07, 6.45) is 0. The quantitative estimate of drug-likeness (QED) is 0.526. The average molecular weight is 171 g/mol. The second-order valence-corrected chi connectivity index (χ2v) is 2.71. The summed E-state index contributed by atoms with van der Waals surface area (Å²) in [6, 6.07) is 6.05. The van der Waals surface area contributed by atoms with Gasteiger partial charge in [-0.05, 0) is 48.9 Å². The molecule has 0 atom stereocenters. The van der Waals surface area contributed by atoms with E-state index in [1.54, 1.807) is 0 Å². The number of rotatable bonds is 2. The first-order chi connectivity index (χ1) is 5.24. The molecular formula is C8H11ClN2. The molecule has 0 aliphatic heterocycles. The van der Waals surface area contributed by atoms with E-state index in [0.717, 1.165) is 5.69 Å². The van der Waals surface area contributed by atoms with Gasteiger partial charge in [-0.3, -0.25) is 0 Å². The summed E-state index contributed by atoms with van der Waals surface area (Å²) in [5.41, 5.74) is 6.30. The topological polar surface area (TPSA) is 24.1 Å². The molecule has 0 amide bonds. The first-order valence-corrected chi connectivity index (χ1v) is 3.80. The summed E-state index contributed by atoms with van der Waals surface area (Å²) in [5.74, 6) is 0. The number of halogens is 1. The lowest BCUT2D eigenvalue weighted by Crippen LogP contribution is -2.08. The van der Waals surface area contributed by atoms with Crippen molar-refractivity contribution < 1.29 is 0 Å². The van der Waals surface area contributed by atoms with E-state index < -0.39 is 0 Å². The fourth-order valence-corrected chi connectivity index (χ4v) is 0.983. The Balaban J connectivity index is 2.86. The summed E-state index contributed by atoms with van der Waals surface area (Å²) in [5, 5.41) is 0. The fraction of sp³-hybridized carbons (Fsp3) is 0.250. The maximum absolute atomic E-state index is 5.27. The number of benzene rings is 1. The molecule has 1 rings (SSSR count). The van der Waals surface area contributed by atoms with Crippen LogP contribution in [0.15, 0.2) is 18.2 Å². The van der Waals surface area contributed by atoms with Crippen LogP contribution in [-0.2, 0) is 0 Å². The molecule has 60 valence electrons. The maximum Gasteiger partial charge on any atom is 0.0503 e. The van der Waals surface area contributed by atoms with E-state index in [9.17, 15) is 0 Å². The van der Waals surface area contributed by atoms with Gasteiger partial charge < -0.3 is 5.43 Å². The molecule has 0 bridgehead atoms. The molecule has 0 saturated carbocycles. The molecule has 0 radical (unpaired) electrons. The van der Waals surface area contributed by atoms with Crippen LogP contribution >= 0.6 is 11.8 Å². The highest BCUT2D eigenvalue weighted by atomic mass is 35.5. The van der Waals surface area contributed by atoms with E-state index in [1.807, 2.05) is 18.2 Å². The van der Waals surface area contributed by atoms with Crippen molar-refractivity contribution in [3.63, 3.8) is 0 Å². The van der Waals surface area contributed by atoms with Gasteiger partial charge in [0, 0.05) is 0 Å². The molecule has 0 heterocycles. The van der Waals surface area contributed by atoms with Gasteiger partial charge in [-0.2, -0.15) is 0 Å². The zero-order chi connectivity index (χ0) is 8.27. The van der Waals surface area contributed by atoms with Crippen molar-refractivity contribution >= 4 is 17.5 Å². The molecule has 0 aromatic heterocycles. The van der Waals surface area contributed by atoms with Crippen LogP contribution in [0.4, 0.5) is 5.69 Å². The van der Waals surface area contributed by atoms with E-state index in [2.05, 4.69) is 24.2 Å². The van der Waals surface area contributed by atoms with Gasteiger partial charge in [0.1, 0.15) is 0 Å². The Morgan fingerprint density at radius 3 is 2.45 bits per heavy atom. The van der Waals surface area contributed by atoms with Crippen molar-refractivity contribution in [3.8, 4) is 0 Å². The minimum Gasteiger partial charge on any atom is -0.308 e. The minimum absolute atomic E-state index is 0.975. The molecule has 2 nitrogen and oxygen atoms in total. The van der Waals surface area contributed by atoms with Crippen LogP contribution in [0.25, 0.3) is 0 Å². The first kappa shape index (κ1) is 8.37. The third kappa shape index (κ3) is 2.10. The average Bonchev–Trinajstić information content (AvgIpc) is 1.98. The number of nitrogens with one attached hydrogen (secondary N) is 2. The Bertz CT molecular complexity index is 248. The lowest BCUT2D eigenvalue weighted by Gasteiger charge is -2.04. The van der Waals surface area contributed by atoms with Crippen molar-refractivity contribution in [1.29, 1.82) is 0 Å². The smallest absolute Gasteiger partial charge is 0.0503 e. The Labute approximate surface area is 71.6 Å². The van der Waals surface area contributed by atoms with Crippen LogP contribution in [0, 0.1) is 13.8 Å². The van der Waals surface area contributed by atoms with Crippen molar-refractivity contribution in [2.75, 3.05) is 5.43 Å². The van der Waals surface area contributed by atoms with Crippen molar-refractivity contribution in [3.05, 3.63) is 29.3 Å². The highest BCUT2D eigenvalue weighted by molar-refractivity contribution is 6.13. The highest BCUT2D eigenvalue weighted by Gasteiger charge is 1.93. The number of aryl methyl sites for hydroxylation is 2. The molecule has 11 heavy (non-hydrogen) atoms. The van der Waals surface area contributed by atoms with E-state index in [1.165, 1.54) is 11.1 Å². The van der Waals surface area contributed by atoms with Crippen LogP contribution in [0.5, 0.6) is 0 Å². The molecule has 2 N–H and O–H groups in total. The van der Waals surface area contributed by atoms with Crippen molar-refractivity contribution in [1.82, 2.24) is 4.94 Å². The molecule has 0 spiro atoms. The predicted molar refractivity (Wildman–Crippen MR) is 48.5 cm³/mol. The van der Waals surface area contributed by atoms with Gasteiger partial charge in [0.25, 0.3) is 0 Å². The Morgan fingerprint density at radius 1 is 1.18 bits per heavy atom. The zero-order valence-corrected chi connectivity index (χ0v) is 7.37. The van der Waals surface area contributed by atoms with Gasteiger partial charge in [-0.15, -0.1) is 4.94 Å².